The number of nitrogens with one attached hydrogen (secondary N) is 1. The van der Waals surface area contributed by atoms with Crippen LogP contribution in [-0.4, -0.2) is 23.9 Å². The van der Waals surface area contributed by atoms with Crippen LogP contribution in [0.4, 0.5) is 23.2 Å². The van der Waals surface area contributed by atoms with Crippen molar-refractivity contribution >= 4 is 34.7 Å². The van der Waals surface area contributed by atoms with Gasteiger partial charge in [0, 0.05) is 17.1 Å². The molecule has 1 heterocycles. The summed E-state index contributed by atoms with van der Waals surface area (Å²) in [6.07, 6.45) is -4.41. The van der Waals surface area contributed by atoms with Crippen LogP contribution in [0.1, 0.15) is 28.4 Å². The summed E-state index contributed by atoms with van der Waals surface area (Å²) in [6.45, 7) is 1.26. The Morgan fingerprint density at radius 3 is 2.45 bits per heavy atom. The van der Waals surface area contributed by atoms with E-state index in [-0.39, 0.29) is 23.0 Å². The standard InChI is InChI=1S/C20H15ClF4N2O2/c1-10(28)16-18(29)14-8-12(21)9-15(20(23,24)25)17(14)27-19(16)26-7-6-11-2-4-13(22)5-3-11/h2-5,8-9,16H,6-7H2,1H3,(H,26,27). The average Bonchev–Trinajstić information content (AvgIpc) is 2.62. The lowest BCUT2D eigenvalue weighted by Crippen LogP contribution is -2.40. The van der Waals surface area contributed by atoms with Gasteiger partial charge in [0.2, 0.25) is 0 Å². The molecule has 3 rings (SSSR count). The molecule has 0 spiro atoms. The van der Waals surface area contributed by atoms with Crippen LogP contribution in [0.25, 0.3) is 0 Å². The molecular weight excluding hydrogens is 412 g/mol. The largest absolute Gasteiger partial charge is 0.418 e. The lowest BCUT2D eigenvalue weighted by Gasteiger charge is -2.28. The van der Waals surface area contributed by atoms with Crippen LogP contribution in [-0.2, 0) is 17.4 Å². The zero-order chi connectivity index (χ0) is 21.3. The Labute approximate surface area is 168 Å². The third kappa shape index (κ3) is 4.48. The van der Waals surface area contributed by atoms with Crippen molar-refractivity contribution in [2.24, 2.45) is 10.9 Å². The lowest BCUT2D eigenvalue weighted by molar-refractivity contribution is -0.136. The highest BCUT2D eigenvalue weighted by atomic mass is 35.5. The van der Waals surface area contributed by atoms with Gasteiger partial charge in [0.1, 0.15) is 23.4 Å². The maximum atomic E-state index is 13.4. The van der Waals surface area contributed by atoms with E-state index >= 15 is 0 Å². The molecule has 1 unspecified atom stereocenters. The molecule has 0 saturated heterocycles. The fourth-order valence-electron chi connectivity index (χ4n) is 3.10. The summed E-state index contributed by atoms with van der Waals surface area (Å²) in [5, 5.41) is 2.27. The first-order valence-corrected chi connectivity index (χ1v) is 8.97. The summed E-state index contributed by atoms with van der Waals surface area (Å²) in [5.41, 5.74) is -1.13. The quantitative estimate of drug-likeness (QED) is 0.555. The van der Waals surface area contributed by atoms with E-state index in [0.717, 1.165) is 11.6 Å². The highest BCUT2D eigenvalue weighted by Gasteiger charge is 2.42. The van der Waals surface area contributed by atoms with Gasteiger partial charge in [-0.05, 0) is 43.2 Å². The molecule has 0 bridgehead atoms. The number of hydrogen-bond acceptors (Lipinski definition) is 3. The Hall–Kier alpha value is -2.74. The molecule has 0 radical (unpaired) electrons. The average molecular weight is 427 g/mol. The summed E-state index contributed by atoms with van der Waals surface area (Å²) in [7, 11) is 0. The van der Waals surface area contributed by atoms with Crippen LogP contribution in [0.15, 0.2) is 41.4 Å². The number of benzene rings is 2. The molecule has 4 nitrogen and oxygen atoms in total. The second kappa shape index (κ2) is 7.94. The SMILES string of the molecule is CC(=O)C1C(=O)c2cc(Cl)cc(C(F)(F)F)c2NC1=NCCc1ccc(F)cc1. The predicted octanol–water partition coefficient (Wildman–Crippen LogP) is 4.95. The molecule has 152 valence electrons. The van der Waals surface area contributed by atoms with Crippen LogP contribution in [0.2, 0.25) is 5.02 Å². The molecule has 0 saturated carbocycles. The molecular formula is C20H15ClF4N2O2. The van der Waals surface area contributed by atoms with E-state index in [1.54, 1.807) is 12.1 Å². The van der Waals surface area contributed by atoms with Crippen LogP contribution < -0.4 is 5.32 Å². The Balaban J connectivity index is 1.97. The van der Waals surface area contributed by atoms with Gasteiger partial charge in [0.15, 0.2) is 5.78 Å². The van der Waals surface area contributed by atoms with E-state index < -0.39 is 40.7 Å². The molecule has 1 aliphatic rings. The number of nitrogens with zero attached hydrogens (tertiary/aromatic N) is 1. The van der Waals surface area contributed by atoms with Crippen LogP contribution in [0.3, 0.4) is 0 Å². The van der Waals surface area contributed by atoms with Crippen molar-refractivity contribution in [3.05, 3.63) is 63.9 Å². The number of aliphatic imine (C=N–C) groups is 1. The monoisotopic (exact) mass is 426 g/mol. The number of hydrogen-bond donors (Lipinski definition) is 1. The van der Waals surface area contributed by atoms with Gasteiger partial charge >= 0.3 is 6.18 Å². The molecule has 0 fully saturated rings. The minimum Gasteiger partial charge on any atom is -0.342 e. The highest BCUT2D eigenvalue weighted by molar-refractivity contribution is 6.35. The Kier molecular flexibility index (Phi) is 5.75. The van der Waals surface area contributed by atoms with E-state index in [4.69, 9.17) is 11.6 Å². The van der Waals surface area contributed by atoms with Crippen molar-refractivity contribution in [1.82, 2.24) is 0 Å². The molecule has 1 aliphatic heterocycles. The fourth-order valence-corrected chi connectivity index (χ4v) is 3.32. The first-order valence-electron chi connectivity index (χ1n) is 8.59. The van der Waals surface area contributed by atoms with Crippen molar-refractivity contribution in [2.75, 3.05) is 11.9 Å². The predicted molar refractivity (Wildman–Crippen MR) is 101 cm³/mol. The Morgan fingerprint density at radius 1 is 1.21 bits per heavy atom. The second-order valence-electron chi connectivity index (χ2n) is 6.55. The number of rotatable bonds is 4. The molecule has 2 aromatic carbocycles. The van der Waals surface area contributed by atoms with E-state index in [1.807, 2.05) is 0 Å². The Bertz CT molecular complexity index is 1000. The summed E-state index contributed by atoms with van der Waals surface area (Å²) in [5.74, 6) is -3.23. The maximum Gasteiger partial charge on any atom is 0.418 e. The number of carbonyl (C=O) groups is 2. The molecule has 2 aromatic rings. The highest BCUT2D eigenvalue weighted by Crippen LogP contribution is 2.41. The van der Waals surface area contributed by atoms with Crippen molar-refractivity contribution in [3.63, 3.8) is 0 Å². The van der Waals surface area contributed by atoms with E-state index in [9.17, 15) is 27.2 Å². The molecule has 9 heteroatoms. The number of Topliss-reactive ketones (excluding diaryl/α,β-unsaturated/α-hetero) is 2. The fraction of sp³-hybridized carbons (Fsp3) is 0.250. The number of halogens is 5. The minimum atomic E-state index is -4.76. The van der Waals surface area contributed by atoms with Gasteiger partial charge in [-0.25, -0.2) is 4.39 Å². The smallest absolute Gasteiger partial charge is 0.342 e. The van der Waals surface area contributed by atoms with Gasteiger partial charge in [-0.1, -0.05) is 23.7 Å². The van der Waals surface area contributed by atoms with Crippen molar-refractivity contribution in [1.29, 1.82) is 0 Å². The molecule has 1 N–H and O–H groups in total. The first kappa shape index (κ1) is 21.0. The van der Waals surface area contributed by atoms with Crippen LogP contribution >= 0.6 is 11.6 Å². The van der Waals surface area contributed by atoms with Crippen molar-refractivity contribution < 1.29 is 27.2 Å². The summed E-state index contributed by atoms with van der Waals surface area (Å²) < 4.78 is 53.2. The number of fused-ring (bicyclic) bond motifs is 1. The van der Waals surface area contributed by atoms with Gasteiger partial charge in [-0.2, -0.15) is 13.2 Å². The Morgan fingerprint density at radius 2 is 1.86 bits per heavy atom. The summed E-state index contributed by atoms with van der Waals surface area (Å²) >= 11 is 5.76. The lowest BCUT2D eigenvalue weighted by atomic mass is 9.87. The van der Waals surface area contributed by atoms with Crippen molar-refractivity contribution in [2.45, 2.75) is 19.5 Å². The number of alkyl halides is 3. The van der Waals surface area contributed by atoms with E-state index in [2.05, 4.69) is 10.3 Å². The molecule has 29 heavy (non-hydrogen) atoms. The van der Waals surface area contributed by atoms with Crippen LogP contribution in [0, 0.1) is 11.7 Å². The minimum absolute atomic E-state index is 0.0926. The summed E-state index contributed by atoms with van der Waals surface area (Å²) in [6, 6.07) is 7.47. The maximum absolute atomic E-state index is 13.4. The molecule has 0 aromatic heterocycles. The van der Waals surface area contributed by atoms with Gasteiger partial charge in [-0.3, -0.25) is 14.6 Å². The number of ketones is 2. The molecule has 1 atom stereocenters. The van der Waals surface area contributed by atoms with Gasteiger partial charge < -0.3 is 5.32 Å². The second-order valence-corrected chi connectivity index (χ2v) is 6.99. The van der Waals surface area contributed by atoms with Gasteiger partial charge in [0.05, 0.1) is 11.3 Å². The van der Waals surface area contributed by atoms with Gasteiger partial charge in [-0.15, -0.1) is 0 Å². The number of anilines is 1. The van der Waals surface area contributed by atoms with Gasteiger partial charge in [0.25, 0.3) is 0 Å². The zero-order valence-electron chi connectivity index (χ0n) is 15.1. The topological polar surface area (TPSA) is 58.5 Å². The summed E-state index contributed by atoms with van der Waals surface area (Å²) in [4.78, 5) is 29.0. The van der Waals surface area contributed by atoms with Crippen molar-refractivity contribution in [3.8, 4) is 0 Å². The first-order chi connectivity index (χ1) is 13.6. The van der Waals surface area contributed by atoms with E-state index in [0.29, 0.717) is 12.5 Å². The normalized spacial score (nSPS) is 17.8. The zero-order valence-corrected chi connectivity index (χ0v) is 15.9. The van der Waals surface area contributed by atoms with E-state index in [1.165, 1.54) is 19.1 Å². The number of carbonyl (C=O) groups excluding carboxylic acids is 2. The molecule has 0 amide bonds. The third-order valence-corrected chi connectivity index (χ3v) is 4.68. The number of amidine groups is 1. The molecule has 0 aliphatic carbocycles. The third-order valence-electron chi connectivity index (χ3n) is 4.47. The van der Waals surface area contributed by atoms with Crippen LogP contribution in [0.5, 0.6) is 0 Å².